The number of pyridine rings is 1. The van der Waals surface area contributed by atoms with Crippen molar-refractivity contribution in [3.05, 3.63) is 47.9 Å². The maximum Gasteiger partial charge on any atom is 0.433 e. The molecule has 2 aromatic rings. The van der Waals surface area contributed by atoms with Crippen molar-refractivity contribution in [1.29, 1.82) is 0 Å². The number of methoxy groups -OCH3 is 1. The van der Waals surface area contributed by atoms with Crippen LogP contribution >= 0.6 is 0 Å². The number of hydrogen-bond acceptors (Lipinski definition) is 5. The Balaban J connectivity index is 1.66. The van der Waals surface area contributed by atoms with Crippen LogP contribution in [-0.2, 0) is 16.2 Å². The lowest BCUT2D eigenvalue weighted by atomic mass is 10.2. The molecule has 0 aliphatic carbocycles. The molecule has 1 fully saturated rings. The molecule has 0 amide bonds. The predicted octanol–water partition coefficient (Wildman–Crippen LogP) is 2.70. The monoisotopic (exact) mass is 406 g/mol. The fraction of sp³-hybridized carbons (Fsp3) is 0.312. The Kier molecular flexibility index (Phi) is 5.00. The van der Waals surface area contributed by atoms with Gasteiger partial charge in [0, 0.05) is 6.07 Å². The minimum Gasteiger partial charge on any atom is -0.494 e. The van der Waals surface area contributed by atoms with E-state index < -0.39 is 33.8 Å². The predicted molar refractivity (Wildman–Crippen MR) is 85.4 cm³/mol. The molecule has 11 heteroatoms. The van der Waals surface area contributed by atoms with Crippen LogP contribution in [0.4, 0.5) is 17.6 Å². The van der Waals surface area contributed by atoms with E-state index in [9.17, 15) is 26.0 Å². The van der Waals surface area contributed by atoms with Crippen LogP contribution < -0.4 is 9.47 Å². The highest BCUT2D eigenvalue weighted by Gasteiger charge is 2.39. The van der Waals surface area contributed by atoms with E-state index in [-0.39, 0.29) is 29.6 Å². The average molecular weight is 406 g/mol. The molecule has 146 valence electrons. The van der Waals surface area contributed by atoms with Gasteiger partial charge in [0.05, 0.1) is 25.1 Å². The summed E-state index contributed by atoms with van der Waals surface area (Å²) in [7, 11) is -2.69. The van der Waals surface area contributed by atoms with Crippen molar-refractivity contribution >= 4 is 10.0 Å². The second kappa shape index (κ2) is 6.97. The van der Waals surface area contributed by atoms with Gasteiger partial charge >= 0.3 is 6.18 Å². The number of aromatic nitrogens is 1. The molecule has 1 aliphatic heterocycles. The number of ether oxygens (including phenoxy) is 2. The largest absolute Gasteiger partial charge is 0.494 e. The lowest BCUT2D eigenvalue weighted by Gasteiger charge is -2.37. The molecule has 1 saturated heterocycles. The molecule has 6 nitrogen and oxygen atoms in total. The first-order valence-corrected chi connectivity index (χ1v) is 9.10. The summed E-state index contributed by atoms with van der Waals surface area (Å²) in [5, 5.41) is 0. The van der Waals surface area contributed by atoms with Crippen molar-refractivity contribution in [2.24, 2.45) is 0 Å². The Bertz CT molecular complexity index is 944. The molecule has 0 radical (unpaired) electrons. The third-order valence-electron chi connectivity index (χ3n) is 3.88. The molecule has 0 saturated carbocycles. The van der Waals surface area contributed by atoms with Crippen LogP contribution in [0, 0.1) is 5.82 Å². The van der Waals surface area contributed by atoms with E-state index in [0.717, 1.165) is 22.5 Å². The topological polar surface area (TPSA) is 68.7 Å². The first kappa shape index (κ1) is 19.4. The minimum absolute atomic E-state index is 0.0885. The highest BCUT2D eigenvalue weighted by molar-refractivity contribution is 7.89. The van der Waals surface area contributed by atoms with Crippen LogP contribution in [0.25, 0.3) is 0 Å². The summed E-state index contributed by atoms with van der Waals surface area (Å²) in [6, 6.07) is 6.46. The van der Waals surface area contributed by atoms with Crippen molar-refractivity contribution in [3.8, 4) is 11.6 Å². The molecule has 0 bridgehead atoms. The number of halogens is 4. The molecule has 2 heterocycles. The Hall–Kier alpha value is -2.40. The average Bonchev–Trinajstić information content (AvgIpc) is 2.57. The van der Waals surface area contributed by atoms with Gasteiger partial charge in [-0.25, -0.2) is 17.8 Å². The molecule has 1 aromatic carbocycles. The first-order valence-electron chi connectivity index (χ1n) is 7.66. The van der Waals surface area contributed by atoms with Gasteiger partial charge in [-0.05, 0) is 24.3 Å². The van der Waals surface area contributed by atoms with Gasteiger partial charge in [0.15, 0.2) is 11.6 Å². The molecule has 0 spiro atoms. The summed E-state index contributed by atoms with van der Waals surface area (Å²) >= 11 is 0. The van der Waals surface area contributed by atoms with Crippen LogP contribution in [0.2, 0.25) is 0 Å². The molecule has 0 unspecified atom stereocenters. The fourth-order valence-corrected chi connectivity index (χ4v) is 3.95. The highest BCUT2D eigenvalue weighted by Crippen LogP contribution is 2.30. The van der Waals surface area contributed by atoms with Crippen molar-refractivity contribution in [3.63, 3.8) is 0 Å². The van der Waals surface area contributed by atoms with Crippen molar-refractivity contribution < 1.29 is 35.5 Å². The second-order valence-corrected chi connectivity index (χ2v) is 7.65. The summed E-state index contributed by atoms with van der Waals surface area (Å²) in [5.74, 6) is -1.16. The van der Waals surface area contributed by atoms with Crippen LogP contribution in [0.1, 0.15) is 5.69 Å². The molecule has 1 aromatic heterocycles. The summed E-state index contributed by atoms with van der Waals surface area (Å²) < 4.78 is 87.6. The number of benzene rings is 1. The van der Waals surface area contributed by atoms with Gasteiger partial charge in [0.2, 0.25) is 15.9 Å². The molecule has 0 atom stereocenters. The second-order valence-electron chi connectivity index (χ2n) is 5.72. The van der Waals surface area contributed by atoms with E-state index in [1.165, 1.54) is 25.3 Å². The normalized spacial score (nSPS) is 16.0. The van der Waals surface area contributed by atoms with Gasteiger partial charge in [0.25, 0.3) is 0 Å². The van der Waals surface area contributed by atoms with Crippen LogP contribution in [-0.4, -0.2) is 44.0 Å². The Morgan fingerprint density at radius 1 is 1.19 bits per heavy atom. The van der Waals surface area contributed by atoms with Gasteiger partial charge in [-0.15, -0.1) is 0 Å². The van der Waals surface area contributed by atoms with Crippen LogP contribution in [0.5, 0.6) is 11.6 Å². The lowest BCUT2D eigenvalue weighted by Crippen LogP contribution is -2.56. The SMILES string of the molecule is COc1ccc(S(=O)(=O)N2CC(Oc3cccc(C(F)(F)F)n3)C2)cc1F. The quantitative estimate of drug-likeness (QED) is 0.715. The van der Waals surface area contributed by atoms with Gasteiger partial charge in [-0.1, -0.05) is 6.07 Å². The summed E-state index contributed by atoms with van der Waals surface area (Å²) in [6.45, 7) is -0.179. The molecule has 3 rings (SSSR count). The maximum absolute atomic E-state index is 13.7. The zero-order valence-corrected chi connectivity index (χ0v) is 14.7. The van der Waals surface area contributed by atoms with E-state index >= 15 is 0 Å². The minimum atomic E-state index is -4.60. The summed E-state index contributed by atoms with van der Waals surface area (Å²) in [6.07, 6.45) is -5.26. The maximum atomic E-state index is 13.7. The Morgan fingerprint density at radius 2 is 1.89 bits per heavy atom. The number of rotatable bonds is 5. The number of sulfonamides is 1. The zero-order chi connectivity index (χ0) is 19.8. The molecular formula is C16H14F4N2O4S. The van der Waals surface area contributed by atoms with E-state index in [1.54, 1.807) is 0 Å². The standard InChI is InChI=1S/C16H14F4N2O4S/c1-25-13-6-5-11(7-12(13)17)27(23,24)22-8-10(9-22)26-15-4-2-3-14(21-15)16(18,19)20/h2-7,10H,8-9H2,1H3. The highest BCUT2D eigenvalue weighted by atomic mass is 32.2. The van der Waals surface area contributed by atoms with Crippen LogP contribution in [0.3, 0.4) is 0 Å². The number of alkyl halides is 3. The summed E-state index contributed by atoms with van der Waals surface area (Å²) in [5.41, 5.74) is -1.10. The third-order valence-corrected chi connectivity index (χ3v) is 5.70. The Morgan fingerprint density at radius 3 is 2.48 bits per heavy atom. The number of hydrogen-bond donors (Lipinski definition) is 0. The Labute approximate surface area is 152 Å². The van der Waals surface area contributed by atoms with Gasteiger partial charge in [-0.3, -0.25) is 0 Å². The van der Waals surface area contributed by atoms with Gasteiger partial charge in [0.1, 0.15) is 11.8 Å². The molecular weight excluding hydrogens is 392 g/mol. The van der Waals surface area contributed by atoms with E-state index in [0.29, 0.717) is 0 Å². The molecule has 27 heavy (non-hydrogen) atoms. The van der Waals surface area contributed by atoms with Crippen molar-refractivity contribution in [2.75, 3.05) is 20.2 Å². The van der Waals surface area contributed by atoms with E-state index in [4.69, 9.17) is 9.47 Å². The first-order chi connectivity index (χ1) is 12.6. The van der Waals surface area contributed by atoms with Crippen LogP contribution in [0.15, 0.2) is 41.3 Å². The van der Waals surface area contributed by atoms with Gasteiger partial charge < -0.3 is 9.47 Å². The third kappa shape index (κ3) is 3.98. The fourth-order valence-electron chi connectivity index (χ4n) is 2.44. The van der Waals surface area contributed by atoms with Crippen molar-refractivity contribution in [1.82, 2.24) is 9.29 Å². The van der Waals surface area contributed by atoms with Gasteiger partial charge in [-0.2, -0.15) is 17.5 Å². The van der Waals surface area contributed by atoms with E-state index in [1.807, 2.05) is 0 Å². The van der Waals surface area contributed by atoms with Crippen molar-refractivity contribution in [2.45, 2.75) is 17.2 Å². The number of nitrogens with zero attached hydrogens (tertiary/aromatic N) is 2. The molecule has 1 aliphatic rings. The lowest BCUT2D eigenvalue weighted by molar-refractivity contribution is -0.141. The summed E-state index contributed by atoms with van der Waals surface area (Å²) in [4.78, 5) is 3.11. The smallest absolute Gasteiger partial charge is 0.433 e. The zero-order valence-electron chi connectivity index (χ0n) is 13.9. The van der Waals surface area contributed by atoms with E-state index in [2.05, 4.69) is 4.98 Å². The molecule has 0 N–H and O–H groups in total.